The first-order valence-corrected chi connectivity index (χ1v) is 5.52. The fraction of sp³-hybridized carbons (Fsp3) is 0.818. The summed E-state index contributed by atoms with van der Waals surface area (Å²) in [4.78, 5) is 24.0. The Labute approximate surface area is 100 Å². The SMILES string of the molecule is CC(C)(C)OC(=O)N1C(O)CC[C@@]1(C)C(=O)O. The van der Waals surface area contributed by atoms with Gasteiger partial charge in [0.25, 0.3) is 0 Å². The maximum absolute atomic E-state index is 11.9. The molecule has 1 amide bonds. The minimum Gasteiger partial charge on any atom is -0.480 e. The third-order valence-electron chi connectivity index (χ3n) is 2.77. The van der Waals surface area contributed by atoms with Crippen LogP contribution in [0.25, 0.3) is 0 Å². The number of hydrogen-bond acceptors (Lipinski definition) is 4. The van der Waals surface area contributed by atoms with E-state index in [1.54, 1.807) is 20.8 Å². The normalized spacial score (nSPS) is 29.2. The highest BCUT2D eigenvalue weighted by Crippen LogP contribution is 2.34. The molecule has 0 aromatic carbocycles. The van der Waals surface area contributed by atoms with Gasteiger partial charge >= 0.3 is 12.1 Å². The van der Waals surface area contributed by atoms with Crippen LogP contribution in [0.2, 0.25) is 0 Å². The third-order valence-corrected chi connectivity index (χ3v) is 2.77. The van der Waals surface area contributed by atoms with E-state index in [1.165, 1.54) is 6.92 Å². The van der Waals surface area contributed by atoms with E-state index < -0.39 is 29.4 Å². The van der Waals surface area contributed by atoms with Crippen molar-refractivity contribution < 1.29 is 24.5 Å². The summed E-state index contributed by atoms with van der Waals surface area (Å²) in [5.41, 5.74) is -2.12. The van der Waals surface area contributed by atoms with Crippen LogP contribution in [0.15, 0.2) is 0 Å². The number of carbonyl (C=O) groups excluding carboxylic acids is 1. The third kappa shape index (κ3) is 2.69. The van der Waals surface area contributed by atoms with Crippen LogP contribution in [0.4, 0.5) is 4.79 Å². The largest absolute Gasteiger partial charge is 0.480 e. The lowest BCUT2D eigenvalue weighted by Gasteiger charge is -2.34. The number of aliphatic hydroxyl groups excluding tert-OH is 1. The molecule has 98 valence electrons. The number of hydrogen-bond donors (Lipinski definition) is 2. The molecule has 6 heteroatoms. The summed E-state index contributed by atoms with van der Waals surface area (Å²) in [6.07, 6.45) is -1.46. The van der Waals surface area contributed by atoms with Crippen LogP contribution in [0.1, 0.15) is 40.5 Å². The van der Waals surface area contributed by atoms with E-state index in [4.69, 9.17) is 9.84 Å². The second kappa shape index (κ2) is 4.18. The lowest BCUT2D eigenvalue weighted by molar-refractivity contribution is -0.151. The van der Waals surface area contributed by atoms with E-state index in [0.717, 1.165) is 4.90 Å². The Hall–Kier alpha value is -1.30. The molecule has 1 aliphatic heterocycles. The predicted molar refractivity (Wildman–Crippen MR) is 59.4 cm³/mol. The Morgan fingerprint density at radius 3 is 2.35 bits per heavy atom. The van der Waals surface area contributed by atoms with Crippen LogP contribution in [0.3, 0.4) is 0 Å². The van der Waals surface area contributed by atoms with Gasteiger partial charge in [0.05, 0.1) is 0 Å². The Morgan fingerprint density at radius 1 is 1.41 bits per heavy atom. The van der Waals surface area contributed by atoms with Crippen molar-refractivity contribution in [3.05, 3.63) is 0 Å². The van der Waals surface area contributed by atoms with Crippen LogP contribution < -0.4 is 0 Å². The molecule has 1 aliphatic rings. The van der Waals surface area contributed by atoms with Crippen LogP contribution >= 0.6 is 0 Å². The lowest BCUT2D eigenvalue weighted by atomic mass is 10.00. The molecular weight excluding hydrogens is 226 g/mol. The van der Waals surface area contributed by atoms with Gasteiger partial charge in [0.1, 0.15) is 17.4 Å². The van der Waals surface area contributed by atoms with E-state index in [2.05, 4.69) is 0 Å². The first-order valence-electron chi connectivity index (χ1n) is 5.52. The van der Waals surface area contributed by atoms with Gasteiger partial charge in [0.15, 0.2) is 0 Å². The monoisotopic (exact) mass is 245 g/mol. The van der Waals surface area contributed by atoms with E-state index in [1.807, 2.05) is 0 Å². The van der Waals surface area contributed by atoms with Crippen molar-refractivity contribution in [1.82, 2.24) is 4.90 Å². The van der Waals surface area contributed by atoms with Crippen molar-refractivity contribution in [2.45, 2.75) is 57.9 Å². The number of rotatable bonds is 1. The molecule has 1 rings (SSSR count). The first-order chi connectivity index (χ1) is 7.58. The zero-order valence-electron chi connectivity index (χ0n) is 10.6. The van der Waals surface area contributed by atoms with Gasteiger partial charge in [-0.2, -0.15) is 0 Å². The minimum absolute atomic E-state index is 0.211. The molecule has 0 spiro atoms. The molecule has 2 N–H and O–H groups in total. The summed E-state index contributed by atoms with van der Waals surface area (Å²) in [5.74, 6) is -1.14. The molecule has 0 aliphatic carbocycles. The number of carbonyl (C=O) groups is 2. The molecule has 0 aromatic rings. The predicted octanol–water partition coefficient (Wildman–Crippen LogP) is 1.18. The van der Waals surface area contributed by atoms with E-state index >= 15 is 0 Å². The van der Waals surface area contributed by atoms with Crippen LogP contribution in [-0.4, -0.2) is 44.5 Å². The Bertz CT molecular complexity index is 335. The average Bonchev–Trinajstić information content (AvgIpc) is 2.40. The van der Waals surface area contributed by atoms with Gasteiger partial charge in [-0.05, 0) is 40.5 Å². The molecule has 1 unspecified atom stereocenters. The lowest BCUT2D eigenvalue weighted by Crippen LogP contribution is -2.54. The fourth-order valence-electron chi connectivity index (χ4n) is 1.83. The van der Waals surface area contributed by atoms with Gasteiger partial charge < -0.3 is 14.9 Å². The number of aliphatic hydroxyl groups is 1. The van der Waals surface area contributed by atoms with Gasteiger partial charge in [-0.3, -0.25) is 4.90 Å². The molecule has 2 atom stereocenters. The molecule has 1 saturated heterocycles. The Morgan fingerprint density at radius 2 is 1.94 bits per heavy atom. The Kier molecular flexibility index (Phi) is 3.38. The van der Waals surface area contributed by atoms with E-state index in [0.29, 0.717) is 0 Å². The number of carboxylic acids is 1. The highest BCUT2D eigenvalue weighted by molar-refractivity contribution is 5.85. The van der Waals surface area contributed by atoms with Crippen molar-refractivity contribution in [3.8, 4) is 0 Å². The number of carboxylic acid groups (broad SMARTS) is 1. The summed E-state index contributed by atoms with van der Waals surface area (Å²) in [6.45, 7) is 6.47. The topological polar surface area (TPSA) is 87.1 Å². The number of aliphatic carboxylic acids is 1. The highest BCUT2D eigenvalue weighted by Gasteiger charge is 2.52. The second-order valence-electron chi connectivity index (χ2n) is 5.45. The quantitative estimate of drug-likeness (QED) is 0.724. The molecule has 17 heavy (non-hydrogen) atoms. The van der Waals surface area contributed by atoms with Gasteiger partial charge in [-0.25, -0.2) is 9.59 Å². The zero-order chi connectivity index (χ0) is 13.4. The standard InChI is InChI=1S/C11H19NO5/c1-10(2,3)17-9(16)12-7(13)5-6-11(12,4)8(14)15/h7,13H,5-6H2,1-4H3,(H,14,15)/t7?,11-/m0/s1. The van der Waals surface area contributed by atoms with E-state index in [9.17, 15) is 14.7 Å². The molecule has 1 heterocycles. The summed E-state index contributed by atoms with van der Waals surface area (Å²) < 4.78 is 5.10. The van der Waals surface area contributed by atoms with Crippen LogP contribution in [-0.2, 0) is 9.53 Å². The van der Waals surface area contributed by atoms with Crippen molar-refractivity contribution in [1.29, 1.82) is 0 Å². The summed E-state index contributed by atoms with van der Waals surface area (Å²) in [5, 5.41) is 18.8. The molecule has 1 fully saturated rings. The average molecular weight is 245 g/mol. The van der Waals surface area contributed by atoms with Gasteiger partial charge in [0.2, 0.25) is 0 Å². The van der Waals surface area contributed by atoms with Crippen molar-refractivity contribution in [2.75, 3.05) is 0 Å². The van der Waals surface area contributed by atoms with Gasteiger partial charge in [-0.1, -0.05) is 0 Å². The van der Waals surface area contributed by atoms with Crippen molar-refractivity contribution >= 4 is 12.1 Å². The van der Waals surface area contributed by atoms with Crippen molar-refractivity contribution in [3.63, 3.8) is 0 Å². The zero-order valence-corrected chi connectivity index (χ0v) is 10.6. The minimum atomic E-state index is -1.40. The van der Waals surface area contributed by atoms with Crippen LogP contribution in [0.5, 0.6) is 0 Å². The molecule has 0 saturated carbocycles. The first kappa shape index (κ1) is 13.8. The van der Waals surface area contributed by atoms with Crippen LogP contribution in [0, 0.1) is 0 Å². The summed E-state index contributed by atoms with van der Waals surface area (Å²) in [6, 6.07) is 0. The number of amides is 1. The maximum Gasteiger partial charge on any atom is 0.413 e. The summed E-state index contributed by atoms with van der Waals surface area (Å²) in [7, 11) is 0. The Balaban J connectivity index is 2.93. The smallest absolute Gasteiger partial charge is 0.413 e. The van der Waals surface area contributed by atoms with Crippen molar-refractivity contribution in [2.24, 2.45) is 0 Å². The highest BCUT2D eigenvalue weighted by atomic mass is 16.6. The van der Waals surface area contributed by atoms with Gasteiger partial charge in [-0.15, -0.1) is 0 Å². The molecular formula is C11H19NO5. The molecule has 6 nitrogen and oxygen atoms in total. The fourth-order valence-corrected chi connectivity index (χ4v) is 1.83. The van der Waals surface area contributed by atoms with Gasteiger partial charge in [0, 0.05) is 0 Å². The number of ether oxygens (including phenoxy) is 1. The number of likely N-dealkylation sites (tertiary alicyclic amines) is 1. The molecule has 0 aromatic heterocycles. The molecule has 0 radical (unpaired) electrons. The number of nitrogens with zero attached hydrogens (tertiary/aromatic N) is 1. The summed E-state index contributed by atoms with van der Waals surface area (Å²) >= 11 is 0. The second-order valence-corrected chi connectivity index (χ2v) is 5.45. The molecule has 0 bridgehead atoms. The van der Waals surface area contributed by atoms with E-state index in [-0.39, 0.29) is 12.8 Å². The maximum atomic E-state index is 11.9.